The smallest absolute Gasteiger partial charge is 0.261 e. The number of hydrogen-bond donors (Lipinski definition) is 1. The van der Waals surface area contributed by atoms with Gasteiger partial charge in [0.25, 0.3) is 5.91 Å². The predicted octanol–water partition coefficient (Wildman–Crippen LogP) is 4.99. The van der Waals surface area contributed by atoms with Crippen molar-refractivity contribution < 1.29 is 14.3 Å². The number of amides is 2. The molecule has 0 aromatic heterocycles. The maximum Gasteiger partial charge on any atom is 0.261 e. The summed E-state index contributed by atoms with van der Waals surface area (Å²) in [6, 6.07) is 14.1. The minimum atomic E-state index is -0.570. The SMILES string of the molecule is CCC(C(=O)NCC(C)C)N(CCc1ccccc1)C(=O)COc1ccc(Cl)cc1Cl. The van der Waals surface area contributed by atoms with Crippen LogP contribution in [0.1, 0.15) is 32.8 Å². The van der Waals surface area contributed by atoms with Crippen molar-refractivity contribution >= 4 is 35.0 Å². The summed E-state index contributed by atoms with van der Waals surface area (Å²) in [5, 5.41) is 3.76. The van der Waals surface area contributed by atoms with E-state index in [0.29, 0.717) is 47.6 Å². The van der Waals surface area contributed by atoms with Gasteiger partial charge in [-0.25, -0.2) is 0 Å². The molecule has 0 aliphatic carbocycles. The number of nitrogens with one attached hydrogen (secondary N) is 1. The van der Waals surface area contributed by atoms with E-state index in [1.807, 2.05) is 51.1 Å². The summed E-state index contributed by atoms with van der Waals surface area (Å²) in [5.41, 5.74) is 1.10. The third-order valence-corrected chi connectivity index (χ3v) is 5.33. The molecular formula is C24H30Cl2N2O3. The van der Waals surface area contributed by atoms with Crippen LogP contribution in [0.2, 0.25) is 10.0 Å². The minimum Gasteiger partial charge on any atom is -0.482 e. The van der Waals surface area contributed by atoms with E-state index in [1.165, 1.54) is 0 Å². The Hall–Kier alpha value is -2.24. The van der Waals surface area contributed by atoms with Crippen LogP contribution in [0.15, 0.2) is 48.5 Å². The van der Waals surface area contributed by atoms with Gasteiger partial charge in [0.05, 0.1) is 5.02 Å². The van der Waals surface area contributed by atoms with Gasteiger partial charge >= 0.3 is 0 Å². The molecule has 31 heavy (non-hydrogen) atoms. The second-order valence-corrected chi connectivity index (χ2v) is 8.59. The molecule has 0 radical (unpaired) electrons. The fraction of sp³-hybridized carbons (Fsp3) is 0.417. The first-order valence-electron chi connectivity index (χ1n) is 10.5. The molecule has 7 heteroatoms. The third kappa shape index (κ3) is 8.08. The van der Waals surface area contributed by atoms with Crippen molar-refractivity contribution in [3.63, 3.8) is 0 Å². The zero-order valence-electron chi connectivity index (χ0n) is 18.2. The van der Waals surface area contributed by atoms with Gasteiger partial charge in [-0.05, 0) is 42.5 Å². The van der Waals surface area contributed by atoms with Crippen LogP contribution in [0.3, 0.4) is 0 Å². The molecule has 2 rings (SSSR count). The number of carbonyl (C=O) groups excluding carboxylic acids is 2. The fourth-order valence-electron chi connectivity index (χ4n) is 3.13. The Morgan fingerprint density at radius 2 is 1.81 bits per heavy atom. The lowest BCUT2D eigenvalue weighted by molar-refractivity contribution is -0.142. The number of benzene rings is 2. The molecular weight excluding hydrogens is 435 g/mol. The number of halogens is 2. The molecule has 168 valence electrons. The Morgan fingerprint density at radius 1 is 1.10 bits per heavy atom. The number of carbonyl (C=O) groups is 2. The van der Waals surface area contributed by atoms with E-state index in [0.717, 1.165) is 5.56 Å². The van der Waals surface area contributed by atoms with Gasteiger partial charge in [0.15, 0.2) is 6.61 Å². The fourth-order valence-corrected chi connectivity index (χ4v) is 3.60. The van der Waals surface area contributed by atoms with E-state index in [1.54, 1.807) is 23.1 Å². The second kappa shape index (κ2) is 12.6. The summed E-state index contributed by atoms with van der Waals surface area (Å²) in [6.45, 7) is 6.72. The maximum absolute atomic E-state index is 13.1. The second-order valence-electron chi connectivity index (χ2n) is 7.75. The molecule has 2 aromatic rings. The van der Waals surface area contributed by atoms with Crippen molar-refractivity contribution in [3.8, 4) is 5.75 Å². The Bertz CT molecular complexity index is 859. The van der Waals surface area contributed by atoms with Crippen molar-refractivity contribution in [3.05, 3.63) is 64.1 Å². The highest BCUT2D eigenvalue weighted by atomic mass is 35.5. The van der Waals surface area contributed by atoms with Crippen molar-refractivity contribution in [2.75, 3.05) is 19.7 Å². The van der Waals surface area contributed by atoms with Crippen molar-refractivity contribution in [1.82, 2.24) is 10.2 Å². The number of ether oxygens (including phenoxy) is 1. The lowest BCUT2D eigenvalue weighted by atomic mass is 10.1. The van der Waals surface area contributed by atoms with Crippen molar-refractivity contribution in [1.29, 1.82) is 0 Å². The number of hydrogen-bond acceptors (Lipinski definition) is 3. The molecule has 2 aromatic carbocycles. The largest absolute Gasteiger partial charge is 0.482 e. The van der Waals surface area contributed by atoms with Gasteiger partial charge in [-0.3, -0.25) is 9.59 Å². The van der Waals surface area contributed by atoms with E-state index in [2.05, 4.69) is 5.32 Å². The first-order chi connectivity index (χ1) is 14.8. The summed E-state index contributed by atoms with van der Waals surface area (Å²) in [6.07, 6.45) is 1.15. The zero-order valence-corrected chi connectivity index (χ0v) is 19.7. The van der Waals surface area contributed by atoms with Gasteiger partial charge in [-0.15, -0.1) is 0 Å². The van der Waals surface area contributed by atoms with Gasteiger partial charge < -0.3 is 15.0 Å². The first kappa shape index (κ1) is 25.0. The highest BCUT2D eigenvalue weighted by Crippen LogP contribution is 2.27. The number of nitrogens with zero attached hydrogens (tertiary/aromatic N) is 1. The van der Waals surface area contributed by atoms with Crippen LogP contribution in [-0.2, 0) is 16.0 Å². The van der Waals surface area contributed by atoms with Crippen LogP contribution in [0, 0.1) is 5.92 Å². The summed E-state index contributed by atoms with van der Waals surface area (Å²) in [4.78, 5) is 27.5. The first-order valence-corrected chi connectivity index (χ1v) is 11.3. The van der Waals surface area contributed by atoms with E-state index in [9.17, 15) is 9.59 Å². The summed E-state index contributed by atoms with van der Waals surface area (Å²) in [7, 11) is 0. The van der Waals surface area contributed by atoms with Crippen LogP contribution in [0.25, 0.3) is 0 Å². The summed E-state index contributed by atoms with van der Waals surface area (Å²) in [5.74, 6) is 0.278. The average molecular weight is 465 g/mol. The standard InChI is InChI=1S/C24H30Cl2N2O3/c1-4-21(24(30)27-15-17(2)3)28(13-12-18-8-6-5-7-9-18)23(29)16-31-22-11-10-19(25)14-20(22)26/h5-11,14,17,21H,4,12-13,15-16H2,1-3H3,(H,27,30). The molecule has 0 aliphatic heterocycles. The Morgan fingerprint density at radius 3 is 2.42 bits per heavy atom. The summed E-state index contributed by atoms with van der Waals surface area (Å²) < 4.78 is 5.65. The molecule has 0 aliphatic rings. The quantitative estimate of drug-likeness (QED) is 0.509. The normalized spacial score (nSPS) is 11.8. The maximum atomic E-state index is 13.1. The Labute approximate surface area is 194 Å². The topological polar surface area (TPSA) is 58.6 Å². The molecule has 1 atom stereocenters. The van der Waals surface area contributed by atoms with Crippen molar-refractivity contribution in [2.24, 2.45) is 5.92 Å². The van der Waals surface area contributed by atoms with Crippen LogP contribution < -0.4 is 10.1 Å². The highest BCUT2D eigenvalue weighted by Gasteiger charge is 2.28. The molecule has 2 amide bonds. The monoisotopic (exact) mass is 464 g/mol. The zero-order chi connectivity index (χ0) is 22.8. The van der Waals surface area contributed by atoms with Crippen molar-refractivity contribution in [2.45, 2.75) is 39.7 Å². The van der Waals surface area contributed by atoms with Gasteiger partial charge in [0, 0.05) is 18.1 Å². The highest BCUT2D eigenvalue weighted by molar-refractivity contribution is 6.35. The van der Waals surface area contributed by atoms with Crippen LogP contribution in [0.5, 0.6) is 5.75 Å². The Balaban J connectivity index is 2.13. The van der Waals surface area contributed by atoms with E-state index in [-0.39, 0.29) is 18.4 Å². The van der Waals surface area contributed by atoms with E-state index in [4.69, 9.17) is 27.9 Å². The average Bonchev–Trinajstić information content (AvgIpc) is 2.74. The van der Waals surface area contributed by atoms with Gasteiger partial charge in [-0.1, -0.05) is 74.3 Å². The number of rotatable bonds is 11. The molecule has 5 nitrogen and oxygen atoms in total. The van der Waals surface area contributed by atoms with Crippen LogP contribution in [0.4, 0.5) is 0 Å². The Kier molecular flexibility index (Phi) is 10.2. The van der Waals surface area contributed by atoms with Gasteiger partial charge in [0.1, 0.15) is 11.8 Å². The molecule has 0 spiro atoms. The molecule has 1 N–H and O–H groups in total. The minimum absolute atomic E-state index is 0.151. The molecule has 0 saturated carbocycles. The third-order valence-electron chi connectivity index (χ3n) is 4.80. The molecule has 1 unspecified atom stereocenters. The summed E-state index contributed by atoms with van der Waals surface area (Å²) >= 11 is 12.1. The molecule has 0 heterocycles. The van der Waals surface area contributed by atoms with Crippen LogP contribution in [-0.4, -0.2) is 42.5 Å². The van der Waals surface area contributed by atoms with Gasteiger partial charge in [-0.2, -0.15) is 0 Å². The molecule has 0 saturated heterocycles. The van der Waals surface area contributed by atoms with E-state index < -0.39 is 6.04 Å². The van der Waals surface area contributed by atoms with E-state index >= 15 is 0 Å². The lowest BCUT2D eigenvalue weighted by Gasteiger charge is -2.30. The van der Waals surface area contributed by atoms with Crippen LogP contribution >= 0.6 is 23.2 Å². The molecule has 0 bridgehead atoms. The molecule has 0 fully saturated rings. The lowest BCUT2D eigenvalue weighted by Crippen LogP contribution is -2.51. The predicted molar refractivity (Wildman–Crippen MR) is 126 cm³/mol. The van der Waals surface area contributed by atoms with Gasteiger partial charge in [0.2, 0.25) is 5.91 Å².